The lowest BCUT2D eigenvalue weighted by Gasteiger charge is -2.12. The maximum Gasteiger partial charge on any atom is 0.135 e. The Morgan fingerprint density at radius 2 is 2.00 bits per heavy atom. The Morgan fingerprint density at radius 1 is 1.18 bits per heavy atom. The van der Waals surface area contributed by atoms with Crippen molar-refractivity contribution in [1.82, 2.24) is 4.98 Å². The van der Waals surface area contributed by atoms with Crippen molar-refractivity contribution in [3.63, 3.8) is 0 Å². The van der Waals surface area contributed by atoms with Crippen molar-refractivity contribution >= 4 is 0 Å². The first-order chi connectivity index (χ1) is 8.20. The Kier molecular flexibility index (Phi) is 3.40. The molecule has 17 heavy (non-hydrogen) atoms. The van der Waals surface area contributed by atoms with Crippen LogP contribution in [0.15, 0.2) is 36.7 Å². The van der Waals surface area contributed by atoms with Crippen molar-refractivity contribution < 1.29 is 4.74 Å². The number of ether oxygens (including phenoxy) is 1. The van der Waals surface area contributed by atoms with Crippen LogP contribution < -0.4 is 10.5 Å². The Morgan fingerprint density at radius 3 is 2.76 bits per heavy atom. The van der Waals surface area contributed by atoms with Crippen molar-refractivity contribution in [2.45, 2.75) is 20.4 Å². The number of aromatic nitrogens is 1. The molecule has 0 unspecified atom stereocenters. The molecule has 0 atom stereocenters. The molecule has 0 radical (unpaired) electrons. The Bertz CT molecular complexity index is 523. The third-order valence-electron chi connectivity index (χ3n) is 2.64. The maximum absolute atomic E-state index is 5.89. The number of hydrogen-bond donors (Lipinski definition) is 1. The molecule has 0 aliphatic rings. The van der Waals surface area contributed by atoms with Gasteiger partial charge in [-0.05, 0) is 37.1 Å². The van der Waals surface area contributed by atoms with E-state index in [2.05, 4.69) is 11.1 Å². The molecule has 2 rings (SSSR count). The molecule has 0 spiro atoms. The molecular weight excluding hydrogens is 212 g/mol. The molecule has 0 bridgehead atoms. The molecule has 0 saturated carbocycles. The summed E-state index contributed by atoms with van der Waals surface area (Å²) in [5.41, 5.74) is 8.84. The minimum Gasteiger partial charge on any atom is -0.457 e. The van der Waals surface area contributed by atoms with Crippen LogP contribution in [0.5, 0.6) is 11.5 Å². The molecular formula is C14H16N2O. The number of benzene rings is 1. The van der Waals surface area contributed by atoms with Crippen LogP contribution in [0.25, 0.3) is 0 Å². The SMILES string of the molecule is Cc1ccc(C)c(Oc2ccncc2CN)c1. The van der Waals surface area contributed by atoms with E-state index >= 15 is 0 Å². The number of rotatable bonds is 3. The van der Waals surface area contributed by atoms with Gasteiger partial charge in [-0.15, -0.1) is 0 Å². The summed E-state index contributed by atoms with van der Waals surface area (Å²) in [6, 6.07) is 7.98. The van der Waals surface area contributed by atoms with Gasteiger partial charge in [-0.25, -0.2) is 0 Å². The number of aryl methyl sites for hydroxylation is 2. The van der Waals surface area contributed by atoms with Gasteiger partial charge < -0.3 is 10.5 Å². The first-order valence-electron chi connectivity index (χ1n) is 5.59. The molecule has 0 fully saturated rings. The number of hydrogen-bond acceptors (Lipinski definition) is 3. The molecule has 1 heterocycles. The molecule has 0 saturated heterocycles. The average Bonchev–Trinajstić information content (AvgIpc) is 2.34. The van der Waals surface area contributed by atoms with Crippen molar-refractivity contribution in [1.29, 1.82) is 0 Å². The molecule has 0 aliphatic carbocycles. The van der Waals surface area contributed by atoms with Gasteiger partial charge in [-0.3, -0.25) is 4.98 Å². The van der Waals surface area contributed by atoms with E-state index in [-0.39, 0.29) is 0 Å². The largest absolute Gasteiger partial charge is 0.457 e. The lowest BCUT2D eigenvalue weighted by atomic mass is 10.1. The highest BCUT2D eigenvalue weighted by atomic mass is 16.5. The van der Waals surface area contributed by atoms with Crippen LogP contribution in [0.2, 0.25) is 0 Å². The quantitative estimate of drug-likeness (QED) is 0.878. The van der Waals surface area contributed by atoms with Crippen LogP contribution in [0.3, 0.4) is 0 Å². The fourth-order valence-electron chi connectivity index (χ4n) is 1.60. The van der Waals surface area contributed by atoms with Gasteiger partial charge in [0.25, 0.3) is 0 Å². The summed E-state index contributed by atoms with van der Waals surface area (Å²) in [5.74, 6) is 1.64. The van der Waals surface area contributed by atoms with Crippen molar-refractivity contribution in [3.8, 4) is 11.5 Å². The van der Waals surface area contributed by atoms with E-state index in [9.17, 15) is 0 Å². The summed E-state index contributed by atoms with van der Waals surface area (Å²) in [7, 11) is 0. The van der Waals surface area contributed by atoms with Crippen LogP contribution in [-0.2, 0) is 6.54 Å². The minimum atomic E-state index is 0.425. The first kappa shape index (κ1) is 11.6. The van der Waals surface area contributed by atoms with Crippen LogP contribution in [0.1, 0.15) is 16.7 Å². The molecule has 1 aromatic heterocycles. The summed E-state index contributed by atoms with van der Waals surface area (Å²) in [6.07, 6.45) is 3.44. The van der Waals surface area contributed by atoms with E-state index in [1.165, 1.54) is 5.56 Å². The first-order valence-corrected chi connectivity index (χ1v) is 5.59. The van der Waals surface area contributed by atoms with E-state index in [0.29, 0.717) is 6.54 Å². The zero-order valence-electron chi connectivity index (χ0n) is 10.1. The van der Waals surface area contributed by atoms with Crippen molar-refractivity contribution in [2.24, 2.45) is 5.73 Å². The van der Waals surface area contributed by atoms with Crippen LogP contribution in [0, 0.1) is 13.8 Å². The summed E-state index contributed by atoms with van der Waals surface area (Å²) in [4.78, 5) is 4.04. The molecule has 1 aromatic carbocycles. The van der Waals surface area contributed by atoms with Gasteiger partial charge in [-0.1, -0.05) is 12.1 Å². The number of nitrogens with two attached hydrogens (primary N) is 1. The van der Waals surface area contributed by atoms with Crippen LogP contribution in [0.4, 0.5) is 0 Å². The van der Waals surface area contributed by atoms with Gasteiger partial charge in [0.1, 0.15) is 11.5 Å². The van der Waals surface area contributed by atoms with Gasteiger partial charge in [0, 0.05) is 24.5 Å². The van der Waals surface area contributed by atoms with Gasteiger partial charge >= 0.3 is 0 Å². The third kappa shape index (κ3) is 2.63. The minimum absolute atomic E-state index is 0.425. The highest BCUT2D eigenvalue weighted by molar-refractivity contribution is 5.41. The van der Waals surface area contributed by atoms with E-state index in [4.69, 9.17) is 10.5 Å². The van der Waals surface area contributed by atoms with E-state index in [1.54, 1.807) is 12.4 Å². The molecule has 3 nitrogen and oxygen atoms in total. The Balaban J connectivity index is 2.34. The van der Waals surface area contributed by atoms with Gasteiger partial charge in [0.05, 0.1) is 0 Å². The van der Waals surface area contributed by atoms with E-state index < -0.39 is 0 Å². The van der Waals surface area contributed by atoms with E-state index in [0.717, 1.165) is 22.6 Å². The topological polar surface area (TPSA) is 48.1 Å². The van der Waals surface area contributed by atoms with Gasteiger partial charge in [0.15, 0.2) is 0 Å². The van der Waals surface area contributed by atoms with Crippen molar-refractivity contribution in [2.75, 3.05) is 0 Å². The summed E-state index contributed by atoms with van der Waals surface area (Å²) in [6.45, 7) is 4.49. The highest BCUT2D eigenvalue weighted by Crippen LogP contribution is 2.27. The second-order valence-corrected chi connectivity index (χ2v) is 4.06. The lowest BCUT2D eigenvalue weighted by Crippen LogP contribution is -2.00. The Labute approximate surface area is 101 Å². The normalized spacial score (nSPS) is 10.3. The second kappa shape index (κ2) is 4.97. The van der Waals surface area contributed by atoms with Gasteiger partial charge in [-0.2, -0.15) is 0 Å². The molecule has 2 N–H and O–H groups in total. The summed E-state index contributed by atoms with van der Waals surface area (Å²) < 4.78 is 5.89. The molecule has 88 valence electrons. The fraction of sp³-hybridized carbons (Fsp3) is 0.214. The van der Waals surface area contributed by atoms with Crippen molar-refractivity contribution in [3.05, 3.63) is 53.3 Å². The monoisotopic (exact) mass is 228 g/mol. The molecule has 2 aromatic rings. The number of nitrogens with zero attached hydrogens (tertiary/aromatic N) is 1. The smallest absolute Gasteiger partial charge is 0.135 e. The summed E-state index contributed by atoms with van der Waals surface area (Å²) in [5, 5.41) is 0. The summed E-state index contributed by atoms with van der Waals surface area (Å²) >= 11 is 0. The zero-order chi connectivity index (χ0) is 12.3. The third-order valence-corrected chi connectivity index (χ3v) is 2.64. The molecule has 3 heteroatoms. The fourth-order valence-corrected chi connectivity index (χ4v) is 1.60. The molecule has 0 amide bonds. The Hall–Kier alpha value is -1.87. The predicted molar refractivity (Wildman–Crippen MR) is 68.1 cm³/mol. The highest BCUT2D eigenvalue weighted by Gasteiger charge is 2.05. The van der Waals surface area contributed by atoms with Gasteiger partial charge in [0.2, 0.25) is 0 Å². The zero-order valence-corrected chi connectivity index (χ0v) is 10.1. The molecule has 0 aliphatic heterocycles. The number of pyridine rings is 1. The van der Waals surface area contributed by atoms with E-state index in [1.807, 2.05) is 32.0 Å². The van der Waals surface area contributed by atoms with Crippen LogP contribution >= 0.6 is 0 Å². The standard InChI is InChI=1S/C14H16N2O/c1-10-3-4-11(2)14(7-10)17-13-5-6-16-9-12(13)8-15/h3-7,9H,8,15H2,1-2H3. The predicted octanol–water partition coefficient (Wildman–Crippen LogP) is 2.95. The lowest BCUT2D eigenvalue weighted by molar-refractivity contribution is 0.471. The second-order valence-electron chi connectivity index (χ2n) is 4.06. The maximum atomic E-state index is 5.89. The average molecular weight is 228 g/mol. The van der Waals surface area contributed by atoms with Crippen LogP contribution in [-0.4, -0.2) is 4.98 Å².